The zero-order valence-corrected chi connectivity index (χ0v) is 12.5. The number of carbonyl (C=O) groups excluding carboxylic acids is 1. The van der Waals surface area contributed by atoms with Gasteiger partial charge in [0.2, 0.25) is 0 Å². The lowest BCUT2D eigenvalue weighted by atomic mass is 10.0. The van der Waals surface area contributed by atoms with Crippen molar-refractivity contribution in [3.63, 3.8) is 0 Å². The van der Waals surface area contributed by atoms with Crippen LogP contribution in [0.25, 0.3) is 0 Å². The summed E-state index contributed by atoms with van der Waals surface area (Å²) in [5.41, 5.74) is 1.84. The van der Waals surface area contributed by atoms with Crippen molar-refractivity contribution in [2.24, 2.45) is 5.92 Å². The molecule has 21 heavy (non-hydrogen) atoms. The number of carboxylic acids is 1. The summed E-state index contributed by atoms with van der Waals surface area (Å²) in [7, 11) is 0. The predicted molar refractivity (Wildman–Crippen MR) is 81.5 cm³/mol. The Hall–Kier alpha value is -2.04. The molecule has 2 N–H and O–H groups in total. The number of aliphatic carboxylic acids is 1. The maximum Gasteiger partial charge on any atom is 0.323 e. The topological polar surface area (TPSA) is 69.6 Å². The third-order valence-electron chi connectivity index (χ3n) is 3.59. The van der Waals surface area contributed by atoms with Gasteiger partial charge in [-0.2, -0.15) is 0 Å². The van der Waals surface area contributed by atoms with Gasteiger partial charge in [0.1, 0.15) is 6.54 Å². The summed E-state index contributed by atoms with van der Waals surface area (Å²) >= 11 is 0. The van der Waals surface area contributed by atoms with Crippen LogP contribution in [0.1, 0.15) is 38.2 Å². The van der Waals surface area contributed by atoms with Gasteiger partial charge in [-0.05, 0) is 42.4 Å². The SMILES string of the molecule is CC(C)c1cccc(NC(=O)N(CC(=O)O)CC2CC2)c1. The van der Waals surface area contributed by atoms with E-state index in [1.165, 1.54) is 4.90 Å². The van der Waals surface area contributed by atoms with Crippen molar-refractivity contribution in [1.29, 1.82) is 0 Å². The highest BCUT2D eigenvalue weighted by Crippen LogP contribution is 2.30. The average Bonchev–Trinajstić information content (AvgIpc) is 3.21. The van der Waals surface area contributed by atoms with Gasteiger partial charge in [0.25, 0.3) is 0 Å². The van der Waals surface area contributed by atoms with E-state index in [4.69, 9.17) is 5.11 Å². The quantitative estimate of drug-likeness (QED) is 0.845. The molecule has 0 unspecified atom stereocenters. The van der Waals surface area contributed by atoms with Gasteiger partial charge in [-0.25, -0.2) is 4.79 Å². The van der Waals surface area contributed by atoms with Gasteiger partial charge in [0.15, 0.2) is 0 Å². The second kappa shape index (κ2) is 6.61. The first-order chi connectivity index (χ1) is 9.95. The van der Waals surface area contributed by atoms with Gasteiger partial charge in [0.05, 0.1) is 0 Å². The molecule has 0 atom stereocenters. The van der Waals surface area contributed by atoms with Crippen molar-refractivity contribution < 1.29 is 14.7 Å². The molecule has 1 aromatic rings. The highest BCUT2D eigenvalue weighted by atomic mass is 16.4. The van der Waals surface area contributed by atoms with Crippen molar-refractivity contribution >= 4 is 17.7 Å². The van der Waals surface area contributed by atoms with E-state index in [9.17, 15) is 9.59 Å². The fourth-order valence-electron chi connectivity index (χ4n) is 2.17. The third kappa shape index (κ3) is 4.77. The van der Waals surface area contributed by atoms with Crippen LogP contribution in [0.3, 0.4) is 0 Å². The minimum absolute atomic E-state index is 0.258. The van der Waals surface area contributed by atoms with Crippen molar-refractivity contribution in [3.05, 3.63) is 29.8 Å². The van der Waals surface area contributed by atoms with Crippen LogP contribution in [-0.2, 0) is 4.79 Å². The van der Waals surface area contributed by atoms with E-state index in [1.54, 1.807) is 0 Å². The Balaban J connectivity index is 2.02. The predicted octanol–water partition coefficient (Wildman–Crippen LogP) is 3.14. The first-order valence-corrected chi connectivity index (χ1v) is 7.33. The van der Waals surface area contributed by atoms with Gasteiger partial charge < -0.3 is 15.3 Å². The number of carboxylic acid groups (broad SMARTS) is 1. The summed E-state index contributed by atoms with van der Waals surface area (Å²) in [6.07, 6.45) is 2.15. The van der Waals surface area contributed by atoms with E-state index in [-0.39, 0.29) is 12.6 Å². The Kier molecular flexibility index (Phi) is 4.83. The lowest BCUT2D eigenvalue weighted by Gasteiger charge is -2.21. The van der Waals surface area contributed by atoms with Crippen LogP contribution in [0.4, 0.5) is 10.5 Å². The number of nitrogens with one attached hydrogen (secondary N) is 1. The maximum atomic E-state index is 12.2. The van der Waals surface area contributed by atoms with Crippen LogP contribution in [0, 0.1) is 5.92 Å². The van der Waals surface area contributed by atoms with E-state index >= 15 is 0 Å². The number of nitrogens with zero attached hydrogens (tertiary/aromatic N) is 1. The molecule has 2 rings (SSSR count). The molecule has 5 heteroatoms. The summed E-state index contributed by atoms with van der Waals surface area (Å²) < 4.78 is 0. The number of urea groups is 1. The molecular weight excluding hydrogens is 268 g/mol. The lowest BCUT2D eigenvalue weighted by molar-refractivity contribution is -0.137. The number of benzene rings is 1. The van der Waals surface area contributed by atoms with Gasteiger partial charge in [-0.1, -0.05) is 26.0 Å². The second-order valence-corrected chi connectivity index (χ2v) is 5.93. The summed E-state index contributed by atoms with van der Waals surface area (Å²) in [6, 6.07) is 7.32. The molecule has 2 amide bonds. The summed E-state index contributed by atoms with van der Waals surface area (Å²) in [5, 5.41) is 11.7. The van der Waals surface area contributed by atoms with E-state index in [0.717, 1.165) is 18.4 Å². The zero-order chi connectivity index (χ0) is 15.4. The number of amides is 2. The molecule has 0 aromatic heterocycles. The molecule has 1 aliphatic rings. The summed E-state index contributed by atoms with van der Waals surface area (Å²) in [5.74, 6) is -0.151. The monoisotopic (exact) mass is 290 g/mol. The molecule has 0 spiro atoms. The van der Waals surface area contributed by atoms with Crippen molar-refractivity contribution in [3.8, 4) is 0 Å². The molecule has 0 heterocycles. The molecule has 1 saturated carbocycles. The first kappa shape index (κ1) is 15.4. The molecular formula is C16H22N2O3. The number of hydrogen-bond donors (Lipinski definition) is 2. The molecule has 0 saturated heterocycles. The molecule has 1 aliphatic carbocycles. The van der Waals surface area contributed by atoms with Crippen LogP contribution < -0.4 is 5.32 Å². The van der Waals surface area contributed by atoms with E-state index in [0.29, 0.717) is 24.1 Å². The van der Waals surface area contributed by atoms with Gasteiger partial charge in [-0.15, -0.1) is 0 Å². The van der Waals surface area contributed by atoms with Crippen molar-refractivity contribution in [2.75, 3.05) is 18.4 Å². The molecule has 1 fully saturated rings. The fourth-order valence-corrected chi connectivity index (χ4v) is 2.17. The molecule has 0 radical (unpaired) electrons. The summed E-state index contributed by atoms with van der Waals surface area (Å²) in [6.45, 7) is 4.43. The van der Waals surface area contributed by atoms with Gasteiger partial charge >= 0.3 is 12.0 Å². The largest absolute Gasteiger partial charge is 0.480 e. The average molecular weight is 290 g/mol. The molecule has 5 nitrogen and oxygen atoms in total. The molecule has 0 aliphatic heterocycles. The third-order valence-corrected chi connectivity index (χ3v) is 3.59. The normalized spacial score (nSPS) is 14.0. The van der Waals surface area contributed by atoms with Crippen LogP contribution in [-0.4, -0.2) is 35.1 Å². The van der Waals surface area contributed by atoms with Crippen LogP contribution >= 0.6 is 0 Å². The highest BCUT2D eigenvalue weighted by molar-refractivity contribution is 5.91. The Bertz CT molecular complexity index is 524. The zero-order valence-electron chi connectivity index (χ0n) is 12.5. The molecule has 114 valence electrons. The Morgan fingerprint density at radius 3 is 2.67 bits per heavy atom. The summed E-state index contributed by atoms with van der Waals surface area (Å²) in [4.78, 5) is 24.5. The molecule has 1 aromatic carbocycles. The van der Waals surface area contributed by atoms with E-state index in [2.05, 4.69) is 19.2 Å². The molecule has 0 bridgehead atoms. The smallest absolute Gasteiger partial charge is 0.323 e. The number of hydrogen-bond acceptors (Lipinski definition) is 2. The fraction of sp³-hybridized carbons (Fsp3) is 0.500. The van der Waals surface area contributed by atoms with Gasteiger partial charge in [-0.3, -0.25) is 4.79 Å². The van der Waals surface area contributed by atoms with Crippen LogP contribution in [0.5, 0.6) is 0 Å². The number of carbonyl (C=O) groups is 2. The van der Waals surface area contributed by atoms with Crippen molar-refractivity contribution in [2.45, 2.75) is 32.6 Å². The van der Waals surface area contributed by atoms with E-state index < -0.39 is 5.97 Å². The van der Waals surface area contributed by atoms with E-state index in [1.807, 2.05) is 24.3 Å². The van der Waals surface area contributed by atoms with Crippen molar-refractivity contribution in [1.82, 2.24) is 4.90 Å². The number of anilines is 1. The Morgan fingerprint density at radius 2 is 2.10 bits per heavy atom. The maximum absolute atomic E-state index is 12.2. The second-order valence-electron chi connectivity index (χ2n) is 5.93. The minimum atomic E-state index is -0.985. The Morgan fingerprint density at radius 1 is 1.38 bits per heavy atom. The standard InChI is InChI=1S/C16H22N2O3/c1-11(2)13-4-3-5-14(8-13)17-16(21)18(10-15(19)20)9-12-6-7-12/h3-5,8,11-12H,6-7,9-10H2,1-2H3,(H,17,21)(H,19,20). The Labute approximate surface area is 125 Å². The number of rotatable bonds is 6. The van der Waals surface area contributed by atoms with Gasteiger partial charge in [0, 0.05) is 12.2 Å². The van der Waals surface area contributed by atoms with Crippen LogP contribution in [0.15, 0.2) is 24.3 Å². The van der Waals surface area contributed by atoms with Crippen LogP contribution in [0.2, 0.25) is 0 Å². The first-order valence-electron chi connectivity index (χ1n) is 7.33. The lowest BCUT2D eigenvalue weighted by Crippen LogP contribution is -2.40. The highest BCUT2D eigenvalue weighted by Gasteiger charge is 2.28. The minimum Gasteiger partial charge on any atom is -0.480 e.